The fourth-order valence-corrected chi connectivity index (χ4v) is 1.12. The van der Waals surface area contributed by atoms with Gasteiger partial charge in [-0.15, -0.1) is 0 Å². The number of carbonyl (C=O) groups excluding carboxylic acids is 1. The number of furan rings is 1. The van der Waals surface area contributed by atoms with Crippen LogP contribution in [0.3, 0.4) is 0 Å². The van der Waals surface area contributed by atoms with Crippen molar-refractivity contribution in [2.75, 3.05) is 0 Å². The minimum Gasteiger partial charge on any atom is -0.467 e. The van der Waals surface area contributed by atoms with Gasteiger partial charge in [0.15, 0.2) is 0 Å². The molecule has 1 aromatic heterocycles. The molecule has 70 valence electrons. The van der Waals surface area contributed by atoms with Crippen molar-refractivity contribution in [3.05, 3.63) is 24.2 Å². The van der Waals surface area contributed by atoms with E-state index in [0.29, 0.717) is 11.8 Å². The summed E-state index contributed by atoms with van der Waals surface area (Å²) in [5.41, 5.74) is 5.65. The van der Waals surface area contributed by atoms with Crippen molar-refractivity contribution in [3.8, 4) is 0 Å². The maximum absolute atomic E-state index is 11.4. The molecule has 1 aliphatic carbocycles. The summed E-state index contributed by atoms with van der Waals surface area (Å²) in [5, 5.41) is 2.82. The predicted molar refractivity (Wildman–Crippen MR) is 46.8 cm³/mol. The fraction of sp³-hybridized carbons (Fsp3) is 0.444. The molecule has 13 heavy (non-hydrogen) atoms. The lowest BCUT2D eigenvalue weighted by atomic mass is 10.2. The summed E-state index contributed by atoms with van der Waals surface area (Å²) in [7, 11) is 0. The highest BCUT2D eigenvalue weighted by atomic mass is 16.3. The van der Waals surface area contributed by atoms with Crippen molar-refractivity contribution in [2.24, 2.45) is 5.73 Å². The minimum absolute atomic E-state index is 0.155. The molecule has 1 atom stereocenters. The first-order valence-corrected chi connectivity index (χ1v) is 4.37. The smallest absolute Gasteiger partial charge is 0.245 e. The Labute approximate surface area is 76.1 Å². The van der Waals surface area contributed by atoms with Crippen molar-refractivity contribution in [2.45, 2.75) is 24.9 Å². The molecule has 3 N–H and O–H groups in total. The zero-order valence-corrected chi connectivity index (χ0v) is 7.19. The number of rotatable bonds is 3. The van der Waals surface area contributed by atoms with Gasteiger partial charge in [-0.05, 0) is 25.0 Å². The van der Waals surface area contributed by atoms with Gasteiger partial charge in [-0.1, -0.05) is 0 Å². The van der Waals surface area contributed by atoms with Crippen molar-refractivity contribution in [3.63, 3.8) is 0 Å². The highest BCUT2D eigenvalue weighted by Gasteiger charge is 2.27. The molecular formula is C9H12N2O2. The summed E-state index contributed by atoms with van der Waals surface area (Å²) < 4.78 is 5.03. The van der Waals surface area contributed by atoms with Gasteiger partial charge in [-0.25, -0.2) is 0 Å². The maximum Gasteiger partial charge on any atom is 0.245 e. The Hall–Kier alpha value is -1.29. The molecule has 1 unspecified atom stereocenters. The lowest BCUT2D eigenvalue weighted by Crippen LogP contribution is -2.35. The molecule has 1 aliphatic rings. The number of nitrogens with two attached hydrogens (primary N) is 1. The average molecular weight is 180 g/mol. The van der Waals surface area contributed by atoms with Gasteiger partial charge in [0.2, 0.25) is 5.91 Å². The number of amides is 1. The largest absolute Gasteiger partial charge is 0.467 e. The van der Waals surface area contributed by atoms with Crippen LogP contribution in [0.2, 0.25) is 0 Å². The van der Waals surface area contributed by atoms with Gasteiger partial charge in [0.25, 0.3) is 0 Å². The van der Waals surface area contributed by atoms with Crippen LogP contribution in [0.15, 0.2) is 22.8 Å². The van der Waals surface area contributed by atoms with Crippen LogP contribution in [-0.2, 0) is 4.79 Å². The normalized spacial score (nSPS) is 18.2. The van der Waals surface area contributed by atoms with Crippen LogP contribution < -0.4 is 11.1 Å². The molecular weight excluding hydrogens is 168 g/mol. The van der Waals surface area contributed by atoms with Crippen molar-refractivity contribution in [1.82, 2.24) is 5.32 Å². The van der Waals surface area contributed by atoms with Crippen LogP contribution in [0.4, 0.5) is 0 Å². The van der Waals surface area contributed by atoms with E-state index >= 15 is 0 Å². The van der Waals surface area contributed by atoms with Crippen LogP contribution in [0.25, 0.3) is 0 Å². The number of nitrogens with one attached hydrogen (secondary N) is 1. The van der Waals surface area contributed by atoms with Gasteiger partial charge in [0.1, 0.15) is 11.8 Å². The third-order valence-corrected chi connectivity index (χ3v) is 2.06. The van der Waals surface area contributed by atoms with Gasteiger partial charge in [0.05, 0.1) is 6.26 Å². The number of hydrogen-bond donors (Lipinski definition) is 2. The standard InChI is InChI=1S/C9H12N2O2/c10-8(7-2-1-5-13-7)9(12)11-6-3-4-6/h1-2,5-6,8H,3-4,10H2,(H,11,12). The molecule has 1 saturated carbocycles. The van der Waals surface area contributed by atoms with E-state index in [0.717, 1.165) is 12.8 Å². The molecule has 1 heterocycles. The van der Waals surface area contributed by atoms with Crippen LogP contribution in [0, 0.1) is 0 Å². The predicted octanol–water partition coefficient (Wildman–Crippen LogP) is 0.558. The maximum atomic E-state index is 11.4. The second-order valence-corrected chi connectivity index (χ2v) is 3.28. The van der Waals surface area contributed by atoms with Gasteiger partial charge < -0.3 is 15.5 Å². The minimum atomic E-state index is -0.671. The van der Waals surface area contributed by atoms with E-state index in [-0.39, 0.29) is 5.91 Å². The van der Waals surface area contributed by atoms with E-state index in [1.807, 2.05) is 0 Å². The van der Waals surface area contributed by atoms with Gasteiger partial charge in [-0.2, -0.15) is 0 Å². The average Bonchev–Trinajstić information content (AvgIpc) is 2.78. The first kappa shape index (κ1) is 8.31. The topological polar surface area (TPSA) is 68.3 Å². The van der Waals surface area contributed by atoms with Gasteiger partial charge in [0, 0.05) is 6.04 Å². The molecule has 0 saturated heterocycles. The molecule has 0 radical (unpaired) electrons. The Morgan fingerprint density at radius 1 is 1.69 bits per heavy atom. The Bertz CT molecular complexity index is 291. The molecule has 1 aromatic rings. The van der Waals surface area contributed by atoms with Crippen molar-refractivity contribution < 1.29 is 9.21 Å². The summed E-state index contributed by atoms with van der Waals surface area (Å²) in [6.45, 7) is 0. The summed E-state index contributed by atoms with van der Waals surface area (Å²) in [4.78, 5) is 11.4. The van der Waals surface area contributed by atoms with E-state index in [4.69, 9.17) is 10.2 Å². The summed E-state index contributed by atoms with van der Waals surface area (Å²) in [6.07, 6.45) is 3.65. The molecule has 0 aliphatic heterocycles. The van der Waals surface area contributed by atoms with Crippen LogP contribution in [0.5, 0.6) is 0 Å². The molecule has 4 heteroatoms. The number of carbonyl (C=O) groups is 1. The molecule has 1 amide bonds. The SMILES string of the molecule is NC(C(=O)NC1CC1)c1ccco1. The summed E-state index contributed by atoms with van der Waals surface area (Å²) in [6, 6.07) is 3.10. The Balaban J connectivity index is 1.95. The lowest BCUT2D eigenvalue weighted by Gasteiger charge is -2.08. The highest BCUT2D eigenvalue weighted by Crippen LogP contribution is 2.20. The van der Waals surface area contributed by atoms with Crippen LogP contribution >= 0.6 is 0 Å². The molecule has 1 fully saturated rings. The monoisotopic (exact) mass is 180 g/mol. The Morgan fingerprint density at radius 2 is 2.46 bits per heavy atom. The van der Waals surface area contributed by atoms with E-state index < -0.39 is 6.04 Å². The van der Waals surface area contributed by atoms with E-state index in [1.165, 1.54) is 6.26 Å². The summed E-state index contributed by atoms with van der Waals surface area (Å²) in [5.74, 6) is 0.357. The zero-order valence-electron chi connectivity index (χ0n) is 7.19. The molecule has 4 nitrogen and oxygen atoms in total. The Morgan fingerprint density at radius 3 is 3.00 bits per heavy atom. The molecule has 0 spiro atoms. The number of hydrogen-bond acceptors (Lipinski definition) is 3. The molecule has 2 rings (SSSR count). The van der Waals surface area contributed by atoms with Gasteiger partial charge in [-0.3, -0.25) is 4.79 Å². The summed E-state index contributed by atoms with van der Waals surface area (Å²) >= 11 is 0. The zero-order chi connectivity index (χ0) is 9.26. The third-order valence-electron chi connectivity index (χ3n) is 2.06. The first-order chi connectivity index (χ1) is 6.27. The van der Waals surface area contributed by atoms with Crippen molar-refractivity contribution >= 4 is 5.91 Å². The van der Waals surface area contributed by atoms with Crippen molar-refractivity contribution in [1.29, 1.82) is 0 Å². The van der Waals surface area contributed by atoms with Crippen LogP contribution in [-0.4, -0.2) is 11.9 Å². The van der Waals surface area contributed by atoms with E-state index in [2.05, 4.69) is 5.32 Å². The van der Waals surface area contributed by atoms with E-state index in [9.17, 15) is 4.79 Å². The molecule has 0 aromatic carbocycles. The third kappa shape index (κ3) is 1.89. The van der Waals surface area contributed by atoms with Gasteiger partial charge >= 0.3 is 0 Å². The fourth-order valence-electron chi connectivity index (χ4n) is 1.12. The second kappa shape index (κ2) is 3.22. The first-order valence-electron chi connectivity index (χ1n) is 4.37. The molecule has 0 bridgehead atoms. The highest BCUT2D eigenvalue weighted by molar-refractivity contribution is 5.82. The quantitative estimate of drug-likeness (QED) is 0.714. The lowest BCUT2D eigenvalue weighted by molar-refractivity contribution is -0.122. The van der Waals surface area contributed by atoms with E-state index in [1.54, 1.807) is 12.1 Å². The van der Waals surface area contributed by atoms with Crippen LogP contribution in [0.1, 0.15) is 24.6 Å². The Kier molecular flexibility index (Phi) is 2.06. The second-order valence-electron chi connectivity index (χ2n) is 3.28.